The quantitative estimate of drug-likeness (QED) is 0.609. The molecule has 0 radical (unpaired) electrons. The Hall–Kier alpha value is -3.21. The molecule has 4 rings (SSSR count). The SMILES string of the molecule is CCC(=N\c1cc(C)nn1C)/C1=C(\N)OCC(F)Cn2nc(Cl)c3cnc(nc32)N1. The number of ether oxygens (including phenoxy) is 1. The minimum absolute atomic E-state index is 0.00147. The smallest absolute Gasteiger partial charge is 0.229 e. The van der Waals surface area contributed by atoms with Crippen LogP contribution in [-0.2, 0) is 18.3 Å². The van der Waals surface area contributed by atoms with Crippen molar-refractivity contribution >= 4 is 40.1 Å². The lowest BCUT2D eigenvalue weighted by atomic mass is 10.2. The molecule has 10 nitrogen and oxygen atoms in total. The van der Waals surface area contributed by atoms with Gasteiger partial charge in [-0.3, -0.25) is 4.68 Å². The largest absolute Gasteiger partial charge is 0.475 e. The molecule has 1 atom stereocenters. The van der Waals surface area contributed by atoms with Gasteiger partial charge in [0.2, 0.25) is 11.8 Å². The molecule has 0 fully saturated rings. The van der Waals surface area contributed by atoms with E-state index in [1.54, 1.807) is 11.7 Å². The minimum Gasteiger partial charge on any atom is -0.475 e. The Morgan fingerprint density at radius 3 is 2.97 bits per heavy atom. The van der Waals surface area contributed by atoms with E-state index in [1.165, 1.54) is 10.9 Å². The second-order valence-corrected chi connectivity index (χ2v) is 7.21. The van der Waals surface area contributed by atoms with E-state index < -0.39 is 6.17 Å². The molecular weight excluding hydrogens is 413 g/mol. The van der Waals surface area contributed by atoms with E-state index in [9.17, 15) is 4.39 Å². The van der Waals surface area contributed by atoms with Crippen molar-refractivity contribution in [3.8, 4) is 0 Å². The monoisotopic (exact) mass is 433 g/mol. The zero-order chi connectivity index (χ0) is 21.4. The Balaban J connectivity index is 1.82. The maximum absolute atomic E-state index is 14.5. The minimum atomic E-state index is -1.37. The van der Waals surface area contributed by atoms with E-state index in [1.807, 2.05) is 19.9 Å². The third kappa shape index (κ3) is 3.80. The van der Waals surface area contributed by atoms with Gasteiger partial charge in [-0.1, -0.05) is 18.5 Å². The summed E-state index contributed by atoms with van der Waals surface area (Å²) in [6, 6.07) is 1.85. The average Bonchev–Trinajstić information content (AvgIpc) is 3.19. The summed E-state index contributed by atoms with van der Waals surface area (Å²) < 4.78 is 23.1. The number of hydrogen-bond acceptors (Lipinski definition) is 8. The highest BCUT2D eigenvalue weighted by Crippen LogP contribution is 2.24. The topological polar surface area (TPSA) is 121 Å². The first-order valence-corrected chi connectivity index (χ1v) is 9.74. The van der Waals surface area contributed by atoms with Gasteiger partial charge in [-0.25, -0.2) is 19.0 Å². The third-order valence-corrected chi connectivity index (χ3v) is 4.85. The summed E-state index contributed by atoms with van der Waals surface area (Å²) in [4.78, 5) is 13.4. The van der Waals surface area contributed by atoms with Crippen LogP contribution in [0.1, 0.15) is 19.0 Å². The first-order valence-electron chi connectivity index (χ1n) is 9.37. The second-order valence-electron chi connectivity index (χ2n) is 6.86. The Morgan fingerprint density at radius 2 is 2.27 bits per heavy atom. The number of aromatic nitrogens is 6. The average molecular weight is 434 g/mol. The van der Waals surface area contributed by atoms with Gasteiger partial charge in [0, 0.05) is 19.3 Å². The lowest BCUT2D eigenvalue weighted by Crippen LogP contribution is -2.23. The first kappa shape index (κ1) is 20.1. The first-order chi connectivity index (χ1) is 14.4. The molecule has 0 saturated carbocycles. The summed E-state index contributed by atoms with van der Waals surface area (Å²) in [5, 5.41) is 12.3. The van der Waals surface area contributed by atoms with Gasteiger partial charge in [-0.05, 0) is 13.3 Å². The molecule has 1 aliphatic heterocycles. The Kier molecular flexibility index (Phi) is 5.29. The van der Waals surface area contributed by atoms with Crippen LogP contribution in [0.5, 0.6) is 0 Å². The van der Waals surface area contributed by atoms with Crippen LogP contribution in [0.3, 0.4) is 0 Å². The van der Waals surface area contributed by atoms with Crippen molar-refractivity contribution in [3.63, 3.8) is 0 Å². The molecule has 3 N–H and O–H groups in total. The van der Waals surface area contributed by atoms with E-state index in [2.05, 4.69) is 30.5 Å². The number of hydrogen-bond donors (Lipinski definition) is 2. The molecule has 3 aromatic rings. The molecule has 0 saturated heterocycles. The molecule has 12 heteroatoms. The fourth-order valence-corrected chi connectivity index (χ4v) is 3.37. The maximum Gasteiger partial charge on any atom is 0.229 e. The van der Waals surface area contributed by atoms with Crippen LogP contribution in [0.25, 0.3) is 11.0 Å². The van der Waals surface area contributed by atoms with Gasteiger partial charge in [-0.2, -0.15) is 15.2 Å². The Labute approximate surface area is 176 Å². The highest BCUT2D eigenvalue weighted by Gasteiger charge is 2.21. The van der Waals surface area contributed by atoms with E-state index in [0.29, 0.717) is 34.7 Å². The summed E-state index contributed by atoms with van der Waals surface area (Å²) in [5.41, 5.74) is 8.36. The molecule has 0 amide bonds. The number of alkyl halides is 1. The van der Waals surface area contributed by atoms with Crippen molar-refractivity contribution in [2.45, 2.75) is 33.0 Å². The normalized spacial score (nSPS) is 20.2. The summed E-state index contributed by atoms with van der Waals surface area (Å²) in [6.45, 7) is 3.46. The molecular formula is C18H21ClFN9O. The predicted molar refractivity (Wildman–Crippen MR) is 111 cm³/mol. The number of allylic oxidation sites excluding steroid dienone is 1. The van der Waals surface area contributed by atoms with Gasteiger partial charge in [0.15, 0.2) is 22.8 Å². The van der Waals surface area contributed by atoms with Crippen molar-refractivity contribution in [1.29, 1.82) is 0 Å². The zero-order valence-electron chi connectivity index (χ0n) is 16.7. The summed E-state index contributed by atoms with van der Waals surface area (Å²) >= 11 is 6.14. The van der Waals surface area contributed by atoms with Gasteiger partial charge in [0.25, 0.3) is 0 Å². The number of nitrogens with two attached hydrogens (primary N) is 1. The molecule has 0 spiro atoms. The number of aliphatic imine (C=N–C) groups is 1. The number of nitrogens with one attached hydrogen (secondary N) is 1. The third-order valence-electron chi connectivity index (χ3n) is 4.57. The molecule has 0 aliphatic carbocycles. The number of rotatable bonds is 3. The summed E-state index contributed by atoms with van der Waals surface area (Å²) in [5.74, 6) is 0.880. The number of anilines is 1. The van der Waals surface area contributed by atoms with Crippen LogP contribution in [-0.4, -0.2) is 48.0 Å². The van der Waals surface area contributed by atoms with Crippen LogP contribution in [0, 0.1) is 6.92 Å². The Morgan fingerprint density at radius 1 is 1.47 bits per heavy atom. The van der Waals surface area contributed by atoms with Crippen molar-refractivity contribution in [2.24, 2.45) is 17.8 Å². The van der Waals surface area contributed by atoms with Crippen LogP contribution in [0.4, 0.5) is 16.2 Å². The zero-order valence-corrected chi connectivity index (χ0v) is 17.5. The molecule has 1 aliphatic rings. The van der Waals surface area contributed by atoms with Gasteiger partial charge in [0.05, 0.1) is 23.3 Å². The molecule has 0 aromatic carbocycles. The van der Waals surface area contributed by atoms with Gasteiger partial charge < -0.3 is 15.8 Å². The molecule has 3 aromatic heterocycles. The second kappa shape index (κ2) is 7.90. The van der Waals surface area contributed by atoms with Crippen molar-refractivity contribution in [2.75, 3.05) is 11.9 Å². The van der Waals surface area contributed by atoms with Crippen LogP contribution in [0.15, 0.2) is 28.8 Å². The molecule has 30 heavy (non-hydrogen) atoms. The lowest BCUT2D eigenvalue weighted by Gasteiger charge is -2.16. The van der Waals surface area contributed by atoms with Gasteiger partial charge in [0.1, 0.15) is 12.3 Å². The standard InChI is InChI=1S/C18H21ClFN9O/c1-4-12(23-13-5-9(2)26-28(13)3)14-16(21)30-8-10(20)7-29-17-11(15(19)27-29)6-22-18(24-14)25-17/h5-6,10H,4,7-8,21H2,1-3H3,(H,22,24,25)/b16-14-,23-12+. The molecule has 2 bridgehead atoms. The van der Waals surface area contributed by atoms with Crippen LogP contribution in [0.2, 0.25) is 5.15 Å². The Bertz CT molecular complexity index is 1170. The van der Waals surface area contributed by atoms with Gasteiger partial charge in [-0.15, -0.1) is 0 Å². The number of fused-ring (bicyclic) bond motifs is 1. The summed E-state index contributed by atoms with van der Waals surface area (Å²) in [6.07, 6.45) is 0.674. The molecule has 1 unspecified atom stereocenters. The fourth-order valence-electron chi connectivity index (χ4n) is 3.14. The van der Waals surface area contributed by atoms with Crippen molar-refractivity contribution < 1.29 is 9.13 Å². The number of nitrogens with zero attached hydrogens (tertiary/aromatic N) is 7. The van der Waals surface area contributed by atoms with Crippen molar-refractivity contribution in [1.82, 2.24) is 29.5 Å². The number of aryl methyl sites for hydroxylation is 2. The molecule has 4 heterocycles. The lowest BCUT2D eigenvalue weighted by molar-refractivity contribution is 0.119. The maximum atomic E-state index is 14.5. The van der Waals surface area contributed by atoms with E-state index in [0.717, 1.165) is 5.69 Å². The van der Waals surface area contributed by atoms with Crippen LogP contribution >= 0.6 is 11.6 Å². The summed E-state index contributed by atoms with van der Waals surface area (Å²) in [7, 11) is 1.80. The van der Waals surface area contributed by atoms with E-state index in [4.69, 9.17) is 22.1 Å². The fraction of sp³-hybridized carbons (Fsp3) is 0.389. The van der Waals surface area contributed by atoms with Gasteiger partial charge >= 0.3 is 0 Å². The molecule has 158 valence electrons. The number of halogens is 2. The van der Waals surface area contributed by atoms with E-state index >= 15 is 0 Å². The van der Waals surface area contributed by atoms with Crippen molar-refractivity contribution in [3.05, 3.63) is 34.7 Å². The predicted octanol–water partition coefficient (Wildman–Crippen LogP) is 2.61. The van der Waals surface area contributed by atoms with E-state index in [-0.39, 0.29) is 30.1 Å². The highest BCUT2D eigenvalue weighted by atomic mass is 35.5. The highest BCUT2D eigenvalue weighted by molar-refractivity contribution is 6.34. The van der Waals surface area contributed by atoms with Crippen LogP contribution < -0.4 is 11.1 Å².